The maximum Gasteiger partial charge on any atom is 0.101 e. The molecule has 0 radical (unpaired) electrons. The topological polar surface area (TPSA) is 36.3 Å². The van der Waals surface area contributed by atoms with Gasteiger partial charge < -0.3 is 9.64 Å². The number of hydrogen-bond acceptors (Lipinski definition) is 3. The maximum absolute atomic E-state index is 9.22. The van der Waals surface area contributed by atoms with Crippen LogP contribution in [0.25, 0.3) is 0 Å². The van der Waals surface area contributed by atoms with Gasteiger partial charge in [-0.15, -0.1) is 0 Å². The SMILES string of the molecule is CN(CC1OCCc2ccccc21)c1ccccc1C#N. The van der Waals surface area contributed by atoms with Crippen molar-refractivity contribution >= 4 is 5.69 Å². The number of nitriles is 1. The van der Waals surface area contributed by atoms with Crippen LogP contribution in [0.15, 0.2) is 48.5 Å². The summed E-state index contributed by atoms with van der Waals surface area (Å²) in [7, 11) is 2.01. The molecular weight excluding hydrogens is 260 g/mol. The Morgan fingerprint density at radius 1 is 1.19 bits per heavy atom. The molecule has 0 aromatic heterocycles. The van der Waals surface area contributed by atoms with Crippen molar-refractivity contribution in [2.75, 3.05) is 25.1 Å². The molecule has 1 unspecified atom stereocenters. The number of nitrogens with zero attached hydrogens (tertiary/aromatic N) is 2. The molecule has 0 saturated heterocycles. The van der Waals surface area contributed by atoms with E-state index in [1.807, 2.05) is 31.3 Å². The smallest absolute Gasteiger partial charge is 0.101 e. The molecule has 0 amide bonds. The minimum absolute atomic E-state index is 0.0618. The zero-order valence-electron chi connectivity index (χ0n) is 12.1. The van der Waals surface area contributed by atoms with Crippen LogP contribution in [0, 0.1) is 11.3 Å². The second-order valence-corrected chi connectivity index (χ2v) is 5.32. The van der Waals surface area contributed by atoms with Crippen LogP contribution in [0.4, 0.5) is 5.69 Å². The molecule has 3 rings (SSSR count). The molecular formula is C18H18N2O. The number of para-hydroxylation sites is 1. The molecule has 1 aliphatic rings. The summed E-state index contributed by atoms with van der Waals surface area (Å²) in [5.74, 6) is 0. The molecule has 3 heteroatoms. The third kappa shape index (κ3) is 2.76. The lowest BCUT2D eigenvalue weighted by atomic mass is 9.97. The Kier molecular flexibility index (Phi) is 3.89. The van der Waals surface area contributed by atoms with Crippen molar-refractivity contribution in [1.82, 2.24) is 0 Å². The number of fused-ring (bicyclic) bond motifs is 1. The Hall–Kier alpha value is -2.31. The zero-order chi connectivity index (χ0) is 14.7. The average Bonchev–Trinajstić information content (AvgIpc) is 2.55. The number of rotatable bonds is 3. The molecule has 0 fully saturated rings. The monoisotopic (exact) mass is 278 g/mol. The van der Waals surface area contributed by atoms with Crippen molar-refractivity contribution in [3.05, 3.63) is 65.2 Å². The van der Waals surface area contributed by atoms with E-state index in [2.05, 4.69) is 35.2 Å². The average molecular weight is 278 g/mol. The van der Waals surface area contributed by atoms with E-state index < -0.39 is 0 Å². The van der Waals surface area contributed by atoms with Crippen LogP contribution < -0.4 is 4.90 Å². The van der Waals surface area contributed by atoms with E-state index in [-0.39, 0.29) is 6.10 Å². The first-order valence-corrected chi connectivity index (χ1v) is 7.19. The van der Waals surface area contributed by atoms with E-state index in [1.54, 1.807) is 0 Å². The van der Waals surface area contributed by atoms with Crippen molar-refractivity contribution in [1.29, 1.82) is 5.26 Å². The van der Waals surface area contributed by atoms with E-state index >= 15 is 0 Å². The van der Waals surface area contributed by atoms with Gasteiger partial charge in [-0.3, -0.25) is 0 Å². The van der Waals surface area contributed by atoms with E-state index in [1.165, 1.54) is 11.1 Å². The van der Waals surface area contributed by atoms with Crippen molar-refractivity contribution in [2.24, 2.45) is 0 Å². The second-order valence-electron chi connectivity index (χ2n) is 5.32. The normalized spacial score (nSPS) is 16.9. The summed E-state index contributed by atoms with van der Waals surface area (Å²) in [6.45, 7) is 1.51. The minimum Gasteiger partial charge on any atom is -0.371 e. The largest absolute Gasteiger partial charge is 0.371 e. The highest BCUT2D eigenvalue weighted by Crippen LogP contribution is 2.29. The molecule has 0 saturated carbocycles. The van der Waals surface area contributed by atoms with E-state index in [0.29, 0.717) is 5.56 Å². The van der Waals surface area contributed by atoms with Crippen LogP contribution in [0.3, 0.4) is 0 Å². The molecule has 2 aromatic carbocycles. The van der Waals surface area contributed by atoms with Gasteiger partial charge >= 0.3 is 0 Å². The van der Waals surface area contributed by atoms with Crippen molar-refractivity contribution in [3.8, 4) is 6.07 Å². The molecule has 0 aliphatic carbocycles. The van der Waals surface area contributed by atoms with Crippen LogP contribution in [0.5, 0.6) is 0 Å². The van der Waals surface area contributed by atoms with Crippen molar-refractivity contribution < 1.29 is 4.74 Å². The summed E-state index contributed by atoms with van der Waals surface area (Å²) < 4.78 is 5.95. The number of benzene rings is 2. The van der Waals surface area contributed by atoms with Crippen LogP contribution in [-0.2, 0) is 11.2 Å². The summed E-state index contributed by atoms with van der Waals surface area (Å²) >= 11 is 0. The van der Waals surface area contributed by atoms with Crippen LogP contribution in [-0.4, -0.2) is 20.2 Å². The molecule has 106 valence electrons. The summed E-state index contributed by atoms with van der Waals surface area (Å²) in [6, 6.07) is 18.4. The predicted octanol–water partition coefficient (Wildman–Crippen LogP) is 3.31. The quantitative estimate of drug-likeness (QED) is 0.864. The van der Waals surface area contributed by atoms with Gasteiger partial charge in [0.15, 0.2) is 0 Å². The van der Waals surface area contributed by atoms with E-state index in [0.717, 1.165) is 25.3 Å². The van der Waals surface area contributed by atoms with Crippen LogP contribution in [0.2, 0.25) is 0 Å². The first-order valence-electron chi connectivity index (χ1n) is 7.19. The first-order chi connectivity index (χ1) is 10.3. The fourth-order valence-corrected chi connectivity index (χ4v) is 2.88. The third-order valence-electron chi connectivity index (χ3n) is 3.97. The summed E-state index contributed by atoms with van der Waals surface area (Å²) in [4.78, 5) is 2.10. The van der Waals surface area contributed by atoms with Gasteiger partial charge in [-0.05, 0) is 29.7 Å². The summed E-state index contributed by atoms with van der Waals surface area (Å²) in [6.07, 6.45) is 1.04. The minimum atomic E-state index is 0.0618. The highest BCUT2D eigenvalue weighted by Gasteiger charge is 2.22. The summed E-state index contributed by atoms with van der Waals surface area (Å²) in [5.41, 5.74) is 4.29. The number of anilines is 1. The first kappa shape index (κ1) is 13.7. The number of hydrogen-bond donors (Lipinski definition) is 0. The molecule has 21 heavy (non-hydrogen) atoms. The zero-order valence-corrected chi connectivity index (χ0v) is 12.1. The van der Waals surface area contributed by atoms with Crippen molar-refractivity contribution in [3.63, 3.8) is 0 Å². The fraction of sp³-hybridized carbons (Fsp3) is 0.278. The maximum atomic E-state index is 9.22. The Labute approximate surface area is 125 Å². The van der Waals surface area contributed by atoms with Gasteiger partial charge in [-0.2, -0.15) is 5.26 Å². The van der Waals surface area contributed by atoms with Gasteiger partial charge in [-0.25, -0.2) is 0 Å². The molecule has 0 spiro atoms. The van der Waals surface area contributed by atoms with Gasteiger partial charge in [0.1, 0.15) is 12.2 Å². The molecule has 1 aliphatic heterocycles. The molecule has 3 nitrogen and oxygen atoms in total. The van der Waals surface area contributed by atoms with Gasteiger partial charge in [0.25, 0.3) is 0 Å². The third-order valence-corrected chi connectivity index (χ3v) is 3.97. The lowest BCUT2D eigenvalue weighted by molar-refractivity contribution is 0.0478. The second kappa shape index (κ2) is 5.99. The van der Waals surface area contributed by atoms with Gasteiger partial charge in [0.2, 0.25) is 0 Å². The highest BCUT2D eigenvalue weighted by atomic mass is 16.5. The lowest BCUT2D eigenvalue weighted by Crippen LogP contribution is -2.29. The Balaban J connectivity index is 1.83. The predicted molar refractivity (Wildman–Crippen MR) is 83.3 cm³/mol. The molecule has 0 N–H and O–H groups in total. The molecule has 0 bridgehead atoms. The van der Waals surface area contributed by atoms with Gasteiger partial charge in [0, 0.05) is 13.6 Å². The van der Waals surface area contributed by atoms with Crippen LogP contribution in [0.1, 0.15) is 22.8 Å². The highest BCUT2D eigenvalue weighted by molar-refractivity contribution is 5.58. The Morgan fingerprint density at radius 3 is 2.81 bits per heavy atom. The van der Waals surface area contributed by atoms with Crippen molar-refractivity contribution in [2.45, 2.75) is 12.5 Å². The Morgan fingerprint density at radius 2 is 1.95 bits per heavy atom. The number of ether oxygens (including phenoxy) is 1. The fourth-order valence-electron chi connectivity index (χ4n) is 2.88. The Bertz CT molecular complexity index is 675. The molecule has 1 heterocycles. The van der Waals surface area contributed by atoms with E-state index in [9.17, 15) is 5.26 Å². The lowest BCUT2D eigenvalue weighted by Gasteiger charge is -2.31. The van der Waals surface area contributed by atoms with E-state index in [4.69, 9.17) is 4.74 Å². The molecule has 2 aromatic rings. The van der Waals surface area contributed by atoms with Gasteiger partial charge in [0.05, 0.1) is 17.9 Å². The molecule has 1 atom stereocenters. The summed E-state index contributed by atoms with van der Waals surface area (Å²) in [5, 5.41) is 9.22. The standard InChI is InChI=1S/C18H18N2O/c1-20(17-9-5-3-7-15(17)12-19)13-18-16-8-4-2-6-14(16)10-11-21-18/h2-9,18H,10-11,13H2,1H3. The number of likely N-dealkylation sites (N-methyl/N-ethyl adjacent to an activating group) is 1. The van der Waals surface area contributed by atoms with Crippen LogP contribution >= 0.6 is 0 Å². The van der Waals surface area contributed by atoms with Gasteiger partial charge in [-0.1, -0.05) is 36.4 Å².